The molecule has 1 heterocycles. The van der Waals surface area contributed by atoms with Crippen molar-refractivity contribution < 1.29 is 19.4 Å². The van der Waals surface area contributed by atoms with Gasteiger partial charge in [-0.2, -0.15) is 0 Å². The predicted octanol–water partition coefficient (Wildman–Crippen LogP) is 4.47. The highest BCUT2D eigenvalue weighted by atomic mass is 16.7. The Labute approximate surface area is 206 Å². The standard InChI is InChI=1S/C29H28BNO4/c1-31-22-27(23-14-6-2-7-15-23)34-28(24-16-8-3-9-17-24,25-18-10-4-11-19-25)29(31,35-30(32)33)26-20-12-5-13-21-26/h2-21,27,32-33H,22H2,1H3. The minimum atomic E-state index is -2.04. The van der Waals surface area contributed by atoms with Crippen LogP contribution in [0.4, 0.5) is 0 Å². The van der Waals surface area contributed by atoms with E-state index in [1.165, 1.54) is 0 Å². The number of benzene rings is 4. The van der Waals surface area contributed by atoms with Crippen LogP contribution < -0.4 is 0 Å². The predicted molar refractivity (Wildman–Crippen MR) is 136 cm³/mol. The van der Waals surface area contributed by atoms with Crippen LogP contribution in [0.1, 0.15) is 28.4 Å². The second-order valence-electron chi connectivity index (χ2n) is 8.77. The van der Waals surface area contributed by atoms with E-state index in [2.05, 4.69) is 12.1 Å². The van der Waals surface area contributed by atoms with Gasteiger partial charge in [0.1, 0.15) is 0 Å². The first kappa shape index (κ1) is 23.5. The molecule has 4 aromatic rings. The van der Waals surface area contributed by atoms with Gasteiger partial charge in [-0.05, 0) is 23.7 Å². The van der Waals surface area contributed by atoms with Crippen molar-refractivity contribution in [2.75, 3.05) is 13.6 Å². The number of hydrogen-bond acceptors (Lipinski definition) is 5. The number of ether oxygens (including phenoxy) is 1. The third kappa shape index (κ3) is 3.99. The number of rotatable bonds is 6. The molecule has 4 aromatic carbocycles. The molecule has 0 bridgehead atoms. The van der Waals surface area contributed by atoms with Crippen LogP contribution in [-0.2, 0) is 20.7 Å². The van der Waals surface area contributed by atoms with E-state index in [4.69, 9.17) is 9.39 Å². The zero-order valence-corrected chi connectivity index (χ0v) is 19.6. The maximum Gasteiger partial charge on any atom is 0.635 e. The molecule has 2 N–H and O–H groups in total. The Kier molecular flexibility index (Phi) is 6.56. The lowest BCUT2D eigenvalue weighted by atomic mass is 9.71. The van der Waals surface area contributed by atoms with Gasteiger partial charge in [0, 0.05) is 12.1 Å². The Morgan fingerprint density at radius 2 is 1.14 bits per heavy atom. The second-order valence-corrected chi connectivity index (χ2v) is 8.77. The highest BCUT2D eigenvalue weighted by molar-refractivity contribution is 6.32. The van der Waals surface area contributed by atoms with E-state index < -0.39 is 18.6 Å². The molecule has 0 aliphatic carbocycles. The molecule has 1 aliphatic heterocycles. The Balaban J connectivity index is 1.87. The molecule has 2 atom stereocenters. The van der Waals surface area contributed by atoms with Crippen LogP contribution in [0.2, 0.25) is 0 Å². The van der Waals surface area contributed by atoms with E-state index in [9.17, 15) is 10.0 Å². The lowest BCUT2D eigenvalue weighted by Gasteiger charge is -2.59. The lowest BCUT2D eigenvalue weighted by Crippen LogP contribution is -2.68. The van der Waals surface area contributed by atoms with Crippen LogP contribution in [0.3, 0.4) is 0 Å². The molecule has 1 aliphatic rings. The van der Waals surface area contributed by atoms with E-state index >= 15 is 0 Å². The maximum atomic E-state index is 10.3. The van der Waals surface area contributed by atoms with Gasteiger partial charge in [0.2, 0.25) is 0 Å². The van der Waals surface area contributed by atoms with Crippen molar-refractivity contribution in [2.24, 2.45) is 0 Å². The number of nitrogens with zero attached hydrogens (tertiary/aromatic N) is 1. The van der Waals surface area contributed by atoms with Gasteiger partial charge in [-0.3, -0.25) is 4.90 Å². The van der Waals surface area contributed by atoms with Crippen molar-refractivity contribution in [3.63, 3.8) is 0 Å². The smallest absolute Gasteiger partial charge is 0.402 e. The van der Waals surface area contributed by atoms with E-state index in [0.717, 1.165) is 22.3 Å². The molecule has 5 rings (SSSR count). The Morgan fingerprint density at radius 3 is 1.60 bits per heavy atom. The average Bonchev–Trinajstić information content (AvgIpc) is 2.91. The van der Waals surface area contributed by atoms with Gasteiger partial charge in [0.05, 0.1) is 6.10 Å². The highest BCUT2D eigenvalue weighted by Gasteiger charge is 2.64. The van der Waals surface area contributed by atoms with Crippen LogP contribution in [0.15, 0.2) is 121 Å². The van der Waals surface area contributed by atoms with E-state index in [1.54, 1.807) is 0 Å². The zero-order valence-electron chi connectivity index (χ0n) is 19.6. The lowest BCUT2D eigenvalue weighted by molar-refractivity contribution is -0.299. The summed E-state index contributed by atoms with van der Waals surface area (Å²) in [5.41, 5.74) is 0.785. The molecule has 176 valence electrons. The number of likely N-dealkylation sites (N-methyl/N-ethyl adjacent to an activating group) is 1. The number of morpholine rings is 1. The summed E-state index contributed by atoms with van der Waals surface area (Å²) >= 11 is 0. The summed E-state index contributed by atoms with van der Waals surface area (Å²) in [5, 5.41) is 20.6. The van der Waals surface area contributed by atoms with E-state index in [-0.39, 0.29) is 6.10 Å². The molecule has 5 nitrogen and oxygen atoms in total. The minimum Gasteiger partial charge on any atom is -0.402 e. The number of hydrogen-bond donors (Lipinski definition) is 2. The van der Waals surface area contributed by atoms with Crippen LogP contribution in [-0.4, -0.2) is 35.9 Å². The third-order valence-electron chi connectivity index (χ3n) is 6.75. The van der Waals surface area contributed by atoms with Crippen molar-refractivity contribution in [1.82, 2.24) is 4.90 Å². The van der Waals surface area contributed by atoms with Crippen molar-refractivity contribution in [3.8, 4) is 0 Å². The molecule has 1 saturated heterocycles. The molecule has 35 heavy (non-hydrogen) atoms. The molecule has 0 amide bonds. The fourth-order valence-corrected chi connectivity index (χ4v) is 5.34. The first-order chi connectivity index (χ1) is 17.1. The quantitative estimate of drug-likeness (QED) is 0.412. The van der Waals surface area contributed by atoms with Gasteiger partial charge in [-0.15, -0.1) is 0 Å². The highest BCUT2D eigenvalue weighted by Crippen LogP contribution is 2.57. The van der Waals surface area contributed by atoms with Gasteiger partial charge in [-0.1, -0.05) is 121 Å². The summed E-state index contributed by atoms with van der Waals surface area (Å²) in [5.74, 6) is 0. The molecule has 0 aromatic heterocycles. The first-order valence-electron chi connectivity index (χ1n) is 11.7. The van der Waals surface area contributed by atoms with Crippen LogP contribution in [0, 0.1) is 0 Å². The fourth-order valence-electron chi connectivity index (χ4n) is 5.34. The van der Waals surface area contributed by atoms with Gasteiger partial charge < -0.3 is 19.4 Å². The summed E-state index contributed by atoms with van der Waals surface area (Å²) in [4.78, 5) is 2.03. The van der Waals surface area contributed by atoms with Gasteiger partial charge in [0.25, 0.3) is 0 Å². The Hall–Kier alpha value is -3.26. The molecule has 0 spiro atoms. The molecule has 0 radical (unpaired) electrons. The average molecular weight is 465 g/mol. The zero-order chi connectivity index (χ0) is 24.3. The minimum absolute atomic E-state index is 0.308. The molecule has 2 unspecified atom stereocenters. The SMILES string of the molecule is CN1CC(c2ccccc2)OC(c2ccccc2)(c2ccccc2)C1(OB(O)O)c1ccccc1. The molecule has 0 saturated carbocycles. The van der Waals surface area contributed by atoms with E-state index in [0.29, 0.717) is 6.54 Å². The van der Waals surface area contributed by atoms with Crippen LogP contribution >= 0.6 is 0 Å². The second kappa shape index (κ2) is 9.78. The first-order valence-corrected chi connectivity index (χ1v) is 11.7. The van der Waals surface area contributed by atoms with E-state index in [1.807, 2.05) is 121 Å². The molecule has 6 heteroatoms. The fraction of sp³-hybridized carbons (Fsp3) is 0.172. The van der Waals surface area contributed by atoms with Crippen LogP contribution in [0.25, 0.3) is 0 Å². The Morgan fingerprint density at radius 1 is 0.714 bits per heavy atom. The third-order valence-corrected chi connectivity index (χ3v) is 6.75. The summed E-state index contributed by atoms with van der Waals surface area (Å²) in [6, 6.07) is 39.5. The molecular formula is C29H28BNO4. The summed E-state index contributed by atoms with van der Waals surface area (Å²) in [6.45, 7) is 0.465. The summed E-state index contributed by atoms with van der Waals surface area (Å²) in [6.07, 6.45) is -0.308. The maximum absolute atomic E-state index is 10.3. The van der Waals surface area contributed by atoms with Crippen molar-refractivity contribution >= 4 is 7.32 Å². The van der Waals surface area contributed by atoms with Crippen LogP contribution in [0.5, 0.6) is 0 Å². The largest absolute Gasteiger partial charge is 0.635 e. The topological polar surface area (TPSA) is 62.2 Å². The van der Waals surface area contributed by atoms with Crippen molar-refractivity contribution in [2.45, 2.75) is 17.4 Å². The van der Waals surface area contributed by atoms with Gasteiger partial charge >= 0.3 is 7.32 Å². The monoisotopic (exact) mass is 465 g/mol. The summed E-state index contributed by atoms with van der Waals surface area (Å²) < 4.78 is 13.4. The van der Waals surface area contributed by atoms with Crippen molar-refractivity contribution in [3.05, 3.63) is 144 Å². The normalized spacial score (nSPS) is 22.0. The molecular weight excluding hydrogens is 437 g/mol. The van der Waals surface area contributed by atoms with Gasteiger partial charge in [0.15, 0.2) is 11.3 Å². The van der Waals surface area contributed by atoms with Gasteiger partial charge in [-0.25, -0.2) is 0 Å². The Bertz CT molecular complexity index is 1190. The van der Waals surface area contributed by atoms with Crippen molar-refractivity contribution in [1.29, 1.82) is 0 Å². The summed E-state index contributed by atoms with van der Waals surface area (Å²) in [7, 11) is -0.101. The molecule has 1 fully saturated rings.